The molecule has 0 fully saturated rings. The van der Waals surface area contributed by atoms with Gasteiger partial charge in [0.25, 0.3) is 0 Å². The zero-order valence-electron chi connectivity index (χ0n) is 19.9. The minimum absolute atomic E-state index is 0.155. The third-order valence-electron chi connectivity index (χ3n) is 6.25. The summed E-state index contributed by atoms with van der Waals surface area (Å²) < 4.78 is 17.6. The van der Waals surface area contributed by atoms with E-state index in [0.717, 1.165) is 22.6 Å². The van der Waals surface area contributed by atoms with Gasteiger partial charge in [0.15, 0.2) is 14.3 Å². The van der Waals surface area contributed by atoms with E-state index in [1.54, 1.807) is 0 Å². The van der Waals surface area contributed by atoms with Crippen LogP contribution in [0.5, 0.6) is 11.5 Å². The van der Waals surface area contributed by atoms with Crippen LogP contribution in [0.25, 0.3) is 25.1 Å². The lowest BCUT2D eigenvalue weighted by atomic mass is 10.1. The highest BCUT2D eigenvalue weighted by atomic mass is 127. The van der Waals surface area contributed by atoms with Crippen molar-refractivity contribution in [2.45, 2.75) is 13.2 Å². The van der Waals surface area contributed by atoms with Gasteiger partial charge in [-0.25, -0.2) is 0 Å². The van der Waals surface area contributed by atoms with Crippen LogP contribution in [-0.2, 0) is 13.2 Å². The number of hydrogen-bond acceptors (Lipinski definition) is 2. The maximum absolute atomic E-state index is 6.23. The second-order valence-electron chi connectivity index (χ2n) is 8.77. The third kappa shape index (κ3) is 5.49. The van der Waals surface area contributed by atoms with Gasteiger partial charge in [-0.15, -0.1) is 0 Å². The van der Waals surface area contributed by atoms with Crippen molar-refractivity contribution in [1.82, 2.24) is 0 Å². The fourth-order valence-corrected chi connectivity index (χ4v) is 7.48. The van der Waals surface area contributed by atoms with E-state index in [1.165, 1.54) is 32.2 Å². The minimum atomic E-state index is -0.155. The molecule has 6 aromatic rings. The molecule has 37 heavy (non-hydrogen) atoms. The van der Waals surface area contributed by atoms with Crippen molar-refractivity contribution < 1.29 is 9.47 Å². The topological polar surface area (TPSA) is 18.5 Å². The molecule has 0 amide bonds. The maximum Gasteiger partial charge on any atom is 0.188 e. The number of benzene rings is 5. The van der Waals surface area contributed by atoms with Crippen molar-refractivity contribution in [2.24, 2.45) is 0 Å². The highest BCUT2D eigenvalue weighted by molar-refractivity contribution is 14.1. The molecule has 1 heterocycles. The number of hydrogen-bond donors (Lipinski definition) is 0. The molecule has 0 N–H and O–H groups in total. The Morgan fingerprint density at radius 1 is 0.514 bits per heavy atom. The summed E-state index contributed by atoms with van der Waals surface area (Å²) in [7, 11) is -0.155. The van der Waals surface area contributed by atoms with Crippen molar-refractivity contribution in [3.05, 3.63) is 134 Å². The highest BCUT2D eigenvalue weighted by Crippen LogP contribution is 2.49. The predicted molar refractivity (Wildman–Crippen MR) is 172 cm³/mol. The lowest BCUT2D eigenvalue weighted by molar-refractivity contribution is 0.306. The smallest absolute Gasteiger partial charge is 0.188 e. The Bertz CT molecular complexity index is 1570. The molecule has 6 rings (SSSR count). The van der Waals surface area contributed by atoms with Crippen molar-refractivity contribution in [3.63, 3.8) is 0 Å². The monoisotopic (exact) mass is 725 g/mol. The molecule has 5 aromatic carbocycles. The molecular weight excluding hydrogens is 702 g/mol. The van der Waals surface area contributed by atoms with Gasteiger partial charge in [0.2, 0.25) is 0 Å². The van der Waals surface area contributed by atoms with Gasteiger partial charge in [-0.3, -0.25) is 0 Å². The molecule has 1 aromatic heterocycles. The molecule has 2 nitrogen and oxygen atoms in total. The Kier molecular flexibility index (Phi) is 7.35. The van der Waals surface area contributed by atoms with Gasteiger partial charge in [0, 0.05) is 29.7 Å². The van der Waals surface area contributed by atoms with Gasteiger partial charge >= 0.3 is 0 Å². The van der Waals surface area contributed by atoms with E-state index >= 15 is 0 Å². The first-order chi connectivity index (χ1) is 18.1. The second kappa shape index (κ2) is 11.0. The number of rotatable bonds is 7. The summed E-state index contributed by atoms with van der Waals surface area (Å²) in [4.78, 5) is 1.32. The molecule has 0 aliphatic rings. The Morgan fingerprint density at radius 3 is 1.43 bits per heavy atom. The lowest BCUT2D eigenvalue weighted by Gasteiger charge is -2.07. The van der Waals surface area contributed by atoms with Crippen LogP contribution in [0.15, 0.2) is 115 Å². The van der Waals surface area contributed by atoms with Crippen LogP contribution in [0, 0.1) is 7.14 Å². The first-order valence-corrected chi connectivity index (χ1v) is 15.3. The fraction of sp³-hybridized carbons (Fsp3) is 0.0625. The van der Waals surface area contributed by atoms with Crippen LogP contribution in [0.1, 0.15) is 11.1 Å². The van der Waals surface area contributed by atoms with Crippen molar-refractivity contribution in [2.75, 3.05) is 0 Å². The highest BCUT2D eigenvalue weighted by Gasteiger charge is 2.24. The van der Waals surface area contributed by atoms with Crippen LogP contribution in [0.3, 0.4) is 0 Å². The molecule has 0 unspecified atom stereocenters. The first-order valence-electron chi connectivity index (χ1n) is 12.0. The molecule has 0 saturated carbocycles. The minimum Gasteiger partial charge on any atom is -0.489 e. The van der Waals surface area contributed by atoms with E-state index in [4.69, 9.17) is 9.47 Å². The molecule has 0 atom stereocenters. The lowest BCUT2D eigenvalue weighted by Crippen LogP contribution is -1.95. The van der Waals surface area contributed by atoms with Crippen LogP contribution in [0.2, 0.25) is 0 Å². The molecule has 0 aliphatic carbocycles. The average Bonchev–Trinajstić information content (AvgIpc) is 3.26. The van der Waals surface area contributed by atoms with Gasteiger partial charge < -0.3 is 9.47 Å². The summed E-state index contributed by atoms with van der Waals surface area (Å²) in [5.41, 5.74) is 2.33. The Hall–Kier alpha value is -2.62. The maximum atomic E-state index is 6.23. The van der Waals surface area contributed by atoms with E-state index in [2.05, 4.69) is 160 Å². The predicted octanol–water partition coefficient (Wildman–Crippen LogP) is 10.1. The first kappa shape index (κ1) is 24.7. The summed E-state index contributed by atoms with van der Waals surface area (Å²) >= 11 is 4.65. The van der Waals surface area contributed by atoms with E-state index in [-0.39, 0.29) is 10.5 Å². The molecule has 0 bridgehead atoms. The molecule has 0 radical (unpaired) electrons. The van der Waals surface area contributed by atoms with E-state index in [9.17, 15) is 0 Å². The summed E-state index contributed by atoms with van der Waals surface area (Å²) in [6.07, 6.45) is 0. The number of halogens is 2. The molecule has 0 saturated heterocycles. The SMILES string of the molecule is Ic1ccc(COc2ccc3c(c2)c2cc(OCc4ccc(I)cc4)ccc2[s+]3-c2ccccc2)cc1. The number of fused-ring (bicyclic) bond motifs is 3. The van der Waals surface area contributed by atoms with Gasteiger partial charge in [-0.1, -0.05) is 42.5 Å². The Labute approximate surface area is 246 Å². The van der Waals surface area contributed by atoms with E-state index in [1.807, 2.05) is 0 Å². The Morgan fingerprint density at radius 2 is 0.973 bits per heavy atom. The zero-order chi connectivity index (χ0) is 25.2. The second-order valence-corrected chi connectivity index (χ2v) is 13.2. The number of thiophene rings is 1. The van der Waals surface area contributed by atoms with Gasteiger partial charge in [0.05, 0.1) is 10.8 Å². The quantitative estimate of drug-likeness (QED) is 0.121. The van der Waals surface area contributed by atoms with E-state index < -0.39 is 0 Å². The summed E-state index contributed by atoms with van der Waals surface area (Å²) in [5.74, 6) is 1.76. The largest absolute Gasteiger partial charge is 0.489 e. The molecule has 0 aliphatic heterocycles. The molecule has 182 valence electrons. The van der Waals surface area contributed by atoms with Crippen LogP contribution < -0.4 is 9.47 Å². The Balaban J connectivity index is 1.38. The average molecular weight is 725 g/mol. The zero-order valence-corrected chi connectivity index (χ0v) is 25.0. The van der Waals surface area contributed by atoms with Crippen molar-refractivity contribution in [3.8, 4) is 16.4 Å². The summed E-state index contributed by atoms with van der Waals surface area (Å²) in [6, 6.07) is 40.8. The number of ether oxygens (including phenoxy) is 2. The van der Waals surface area contributed by atoms with Gasteiger partial charge in [0.1, 0.15) is 24.7 Å². The van der Waals surface area contributed by atoms with Gasteiger partial charge in [-0.2, -0.15) is 0 Å². The van der Waals surface area contributed by atoms with Gasteiger partial charge in [-0.05, 0) is 117 Å². The van der Waals surface area contributed by atoms with E-state index in [0.29, 0.717) is 13.2 Å². The molecular formula is C32H23I2O2S+. The summed E-state index contributed by atoms with van der Waals surface area (Å²) in [5, 5.41) is 2.45. The normalized spacial score (nSPS) is 11.2. The van der Waals surface area contributed by atoms with Crippen LogP contribution in [0.4, 0.5) is 0 Å². The van der Waals surface area contributed by atoms with Crippen LogP contribution in [-0.4, -0.2) is 0 Å². The van der Waals surface area contributed by atoms with Crippen LogP contribution >= 0.6 is 55.7 Å². The molecule has 0 spiro atoms. The standard InChI is InChI=1S/C32H23I2O2S/c33-24-10-6-22(7-11-24)20-35-26-14-16-31-29(18-26)30-19-27(36-21-23-8-12-25(34)13-9-23)15-17-32(30)37(31)28-4-2-1-3-5-28/h1-19H,20-21H2/q+1. The summed E-state index contributed by atoms with van der Waals surface area (Å²) in [6.45, 7) is 1.10. The fourth-order valence-electron chi connectivity index (χ4n) is 4.40. The third-order valence-corrected chi connectivity index (χ3v) is 10.0. The molecule has 5 heteroatoms. The van der Waals surface area contributed by atoms with Crippen molar-refractivity contribution in [1.29, 1.82) is 0 Å². The van der Waals surface area contributed by atoms with Crippen molar-refractivity contribution >= 4 is 75.8 Å².